The van der Waals surface area contributed by atoms with Gasteiger partial charge in [0.15, 0.2) is 5.65 Å². The maximum absolute atomic E-state index is 12.8. The number of hydrogen-bond acceptors (Lipinski definition) is 9. The molecule has 0 radical (unpaired) electrons. The van der Waals surface area contributed by atoms with Crippen LogP contribution in [0.5, 0.6) is 0 Å². The molecule has 1 saturated heterocycles. The lowest BCUT2D eigenvalue weighted by molar-refractivity contribution is -0.131. The first-order chi connectivity index (χ1) is 18.9. The van der Waals surface area contributed by atoms with Gasteiger partial charge >= 0.3 is 12.1 Å². The largest absolute Gasteiger partial charge is 0.444 e. The van der Waals surface area contributed by atoms with Crippen molar-refractivity contribution in [2.75, 3.05) is 44.7 Å². The van der Waals surface area contributed by atoms with Crippen molar-refractivity contribution in [1.82, 2.24) is 35.4 Å². The van der Waals surface area contributed by atoms with E-state index in [2.05, 4.69) is 32.8 Å². The summed E-state index contributed by atoms with van der Waals surface area (Å²) in [5, 5.41) is 17.3. The van der Waals surface area contributed by atoms with Gasteiger partial charge in [0, 0.05) is 39.4 Å². The molecule has 3 heterocycles. The highest BCUT2D eigenvalue weighted by molar-refractivity contribution is 5.95. The van der Waals surface area contributed by atoms with Gasteiger partial charge < -0.3 is 30.5 Å². The van der Waals surface area contributed by atoms with Gasteiger partial charge in [0.25, 0.3) is 0 Å². The average Bonchev–Trinajstić information content (AvgIpc) is 3.33. The third kappa shape index (κ3) is 7.81. The third-order valence-electron chi connectivity index (χ3n) is 6.53. The minimum Gasteiger partial charge on any atom is -0.444 e. The highest BCUT2D eigenvalue weighted by Gasteiger charge is 2.33. The number of aromatic nitrogens is 3. The number of hydrogen-bond donors (Lipinski definition) is 3. The summed E-state index contributed by atoms with van der Waals surface area (Å²) in [5.74, 6) is 0.266. The molecule has 2 atom stereocenters. The van der Waals surface area contributed by atoms with Crippen LogP contribution >= 0.6 is 0 Å². The van der Waals surface area contributed by atoms with Crippen molar-refractivity contribution in [2.45, 2.75) is 52.2 Å². The molecule has 2 aromatic heterocycles. The number of likely N-dealkylation sites (tertiary alicyclic amines) is 1. The van der Waals surface area contributed by atoms with Gasteiger partial charge in [-0.1, -0.05) is 6.92 Å². The standard InChI is InChI=1S/C26H37N9O5/c1-17-7-12-34(21(37)6-9-27)15-19(17)33(5)22-18-8-13-35(23(18)32-16-31-22)24(38)30-14-20(36)28-10-11-29-25(39)40-26(2,3)4/h8,13,16-17,19H,6-7,10-12,14-15H2,1-5H3,(H,28,36)(H,29,39)(H,30,38)/t17-,19+/m1/s1. The summed E-state index contributed by atoms with van der Waals surface area (Å²) in [4.78, 5) is 61.4. The smallest absolute Gasteiger partial charge is 0.407 e. The fourth-order valence-corrected chi connectivity index (χ4v) is 4.48. The predicted octanol–water partition coefficient (Wildman–Crippen LogP) is 1.22. The molecule has 14 heteroatoms. The molecule has 0 spiro atoms. The Hall–Kier alpha value is -4.41. The summed E-state index contributed by atoms with van der Waals surface area (Å²) in [5.41, 5.74) is -0.243. The van der Waals surface area contributed by atoms with Crippen LogP contribution in [0.25, 0.3) is 11.0 Å². The molecule has 3 N–H and O–H groups in total. The Labute approximate surface area is 233 Å². The first kappa shape index (κ1) is 30.1. The second-order valence-corrected chi connectivity index (χ2v) is 10.7. The fraction of sp³-hybridized carbons (Fsp3) is 0.577. The van der Waals surface area contributed by atoms with Crippen molar-refractivity contribution in [1.29, 1.82) is 5.26 Å². The van der Waals surface area contributed by atoms with E-state index in [1.807, 2.05) is 18.0 Å². The number of nitriles is 1. The van der Waals surface area contributed by atoms with E-state index in [1.54, 1.807) is 37.9 Å². The van der Waals surface area contributed by atoms with E-state index in [0.29, 0.717) is 29.9 Å². The van der Waals surface area contributed by atoms with E-state index in [9.17, 15) is 19.2 Å². The van der Waals surface area contributed by atoms with Gasteiger partial charge in [-0.15, -0.1) is 0 Å². The quantitative estimate of drug-likeness (QED) is 0.404. The number of likely N-dealkylation sites (N-methyl/N-ethyl adjacent to an activating group) is 1. The third-order valence-corrected chi connectivity index (χ3v) is 6.53. The van der Waals surface area contributed by atoms with Gasteiger partial charge in [-0.25, -0.2) is 19.6 Å². The second kappa shape index (κ2) is 13.1. The van der Waals surface area contributed by atoms with E-state index in [4.69, 9.17) is 10.00 Å². The number of carbonyl (C=O) groups excluding carboxylic acids is 4. The van der Waals surface area contributed by atoms with Crippen LogP contribution in [-0.4, -0.2) is 94.8 Å². The molecule has 1 fully saturated rings. The number of rotatable bonds is 8. The van der Waals surface area contributed by atoms with Crippen LogP contribution in [0.15, 0.2) is 18.6 Å². The fourth-order valence-electron chi connectivity index (χ4n) is 4.48. The van der Waals surface area contributed by atoms with Crippen LogP contribution in [0.1, 0.15) is 40.5 Å². The van der Waals surface area contributed by atoms with Gasteiger partial charge in [0.05, 0.1) is 24.0 Å². The van der Waals surface area contributed by atoms with Crippen molar-refractivity contribution >= 4 is 40.8 Å². The number of carbonyl (C=O) groups is 4. The summed E-state index contributed by atoms with van der Waals surface area (Å²) in [6, 6.07) is 3.07. The van der Waals surface area contributed by atoms with Crippen LogP contribution in [0, 0.1) is 17.2 Å². The Morgan fingerprint density at radius 3 is 2.60 bits per heavy atom. The van der Waals surface area contributed by atoms with E-state index < -0.39 is 23.6 Å². The van der Waals surface area contributed by atoms with Crippen molar-refractivity contribution < 1.29 is 23.9 Å². The summed E-state index contributed by atoms with van der Waals surface area (Å²) in [6.07, 6.45) is 2.99. The molecule has 0 bridgehead atoms. The normalized spacial score (nSPS) is 17.1. The Balaban J connectivity index is 1.58. The lowest BCUT2D eigenvalue weighted by Gasteiger charge is -2.42. The van der Waals surface area contributed by atoms with Crippen molar-refractivity contribution in [3.8, 4) is 6.07 Å². The van der Waals surface area contributed by atoms with Crippen LogP contribution in [0.2, 0.25) is 0 Å². The topological polar surface area (TPSA) is 175 Å². The molecule has 2 aromatic rings. The summed E-state index contributed by atoms with van der Waals surface area (Å²) >= 11 is 0. The predicted molar refractivity (Wildman–Crippen MR) is 146 cm³/mol. The zero-order valence-corrected chi connectivity index (χ0v) is 23.6. The van der Waals surface area contributed by atoms with Crippen molar-refractivity contribution in [2.24, 2.45) is 5.92 Å². The number of fused-ring (bicyclic) bond motifs is 1. The Kier molecular flexibility index (Phi) is 9.87. The molecular formula is C26H37N9O5. The van der Waals surface area contributed by atoms with Gasteiger partial charge in [-0.2, -0.15) is 5.26 Å². The lowest BCUT2D eigenvalue weighted by Crippen LogP contribution is -2.52. The maximum atomic E-state index is 12.8. The van der Waals surface area contributed by atoms with E-state index in [1.165, 1.54) is 10.9 Å². The lowest BCUT2D eigenvalue weighted by atomic mass is 9.92. The molecule has 1 aliphatic rings. The first-order valence-corrected chi connectivity index (χ1v) is 13.1. The highest BCUT2D eigenvalue weighted by Crippen LogP contribution is 2.29. The Bertz CT molecular complexity index is 1280. The Morgan fingerprint density at radius 1 is 1.18 bits per heavy atom. The van der Waals surface area contributed by atoms with Crippen LogP contribution < -0.4 is 20.9 Å². The SMILES string of the molecule is C[C@@H]1CCN(C(=O)CC#N)C[C@@H]1N(C)c1ncnc2c1ccn2C(=O)NCC(=O)NCCNC(=O)OC(C)(C)C. The molecule has 0 saturated carbocycles. The molecule has 216 valence electrons. The molecule has 4 amide bonds. The van der Waals surface area contributed by atoms with Gasteiger partial charge in [0.2, 0.25) is 11.8 Å². The van der Waals surface area contributed by atoms with Crippen LogP contribution in [0.4, 0.5) is 15.4 Å². The monoisotopic (exact) mass is 555 g/mol. The zero-order valence-electron chi connectivity index (χ0n) is 23.6. The van der Waals surface area contributed by atoms with Gasteiger partial charge in [-0.05, 0) is 39.2 Å². The highest BCUT2D eigenvalue weighted by atomic mass is 16.6. The molecular weight excluding hydrogens is 518 g/mol. The zero-order chi connectivity index (χ0) is 29.4. The Morgan fingerprint density at radius 2 is 1.90 bits per heavy atom. The van der Waals surface area contributed by atoms with Crippen LogP contribution in [0.3, 0.4) is 0 Å². The van der Waals surface area contributed by atoms with Crippen molar-refractivity contribution in [3.63, 3.8) is 0 Å². The number of ether oxygens (including phenoxy) is 1. The molecule has 1 aliphatic heterocycles. The molecule has 0 aliphatic carbocycles. The van der Waals surface area contributed by atoms with E-state index in [0.717, 1.165) is 6.42 Å². The minimum atomic E-state index is -0.615. The van der Waals surface area contributed by atoms with Gasteiger partial charge in [0.1, 0.15) is 24.2 Å². The van der Waals surface area contributed by atoms with E-state index >= 15 is 0 Å². The molecule has 0 unspecified atom stereocenters. The second-order valence-electron chi connectivity index (χ2n) is 10.7. The number of alkyl carbamates (subject to hydrolysis) is 1. The molecule has 40 heavy (non-hydrogen) atoms. The number of nitrogens with zero attached hydrogens (tertiary/aromatic N) is 6. The molecule has 14 nitrogen and oxygen atoms in total. The minimum absolute atomic E-state index is 0.0415. The maximum Gasteiger partial charge on any atom is 0.407 e. The van der Waals surface area contributed by atoms with Crippen LogP contribution in [-0.2, 0) is 14.3 Å². The van der Waals surface area contributed by atoms with Crippen molar-refractivity contribution in [3.05, 3.63) is 18.6 Å². The molecule has 0 aromatic carbocycles. The summed E-state index contributed by atoms with van der Waals surface area (Å²) in [7, 11) is 1.89. The number of anilines is 1. The van der Waals surface area contributed by atoms with E-state index in [-0.39, 0.29) is 43.9 Å². The first-order valence-electron chi connectivity index (χ1n) is 13.1. The number of amides is 4. The summed E-state index contributed by atoms with van der Waals surface area (Å²) in [6.45, 7) is 8.52. The summed E-state index contributed by atoms with van der Waals surface area (Å²) < 4.78 is 6.43. The molecule has 3 rings (SSSR count). The van der Waals surface area contributed by atoms with Gasteiger partial charge in [-0.3, -0.25) is 14.2 Å². The average molecular weight is 556 g/mol. The number of nitrogens with one attached hydrogen (secondary N) is 3. The number of piperidine rings is 1.